The number of aromatic nitrogens is 4. The number of nitrogens with one attached hydrogen (secondary N) is 1. The lowest BCUT2D eigenvalue weighted by molar-refractivity contribution is 0.198. The third-order valence-electron chi connectivity index (χ3n) is 6.43. The number of hydrogen-bond acceptors (Lipinski definition) is 6. The standard InChI is InChI=1S/C21H32N6O3S/c1-5-26-13-19(15(4)24-26)31(29,30)27-10-7-6-8-18(27)20-22-17-9-11-25(14(2)3)12-16(17)21(28)23-20/h13-14,18H,5-12H2,1-4H3,(H,22,23,28)/t18-/m1/s1. The van der Waals surface area contributed by atoms with Crippen molar-refractivity contribution in [3.8, 4) is 0 Å². The Morgan fingerprint density at radius 2 is 2.03 bits per heavy atom. The molecular weight excluding hydrogens is 416 g/mol. The highest BCUT2D eigenvalue weighted by atomic mass is 32.2. The molecule has 9 nitrogen and oxygen atoms in total. The fourth-order valence-corrected chi connectivity index (χ4v) is 6.40. The van der Waals surface area contributed by atoms with E-state index in [1.807, 2.05) is 6.92 Å². The molecule has 2 aromatic heterocycles. The number of fused-ring (bicyclic) bond motifs is 1. The van der Waals surface area contributed by atoms with Crippen molar-refractivity contribution in [3.63, 3.8) is 0 Å². The van der Waals surface area contributed by atoms with Crippen molar-refractivity contribution in [3.05, 3.63) is 39.3 Å². The molecule has 31 heavy (non-hydrogen) atoms. The summed E-state index contributed by atoms with van der Waals surface area (Å²) in [6.45, 7) is 10.3. The van der Waals surface area contributed by atoms with Gasteiger partial charge in [0.15, 0.2) is 0 Å². The van der Waals surface area contributed by atoms with Gasteiger partial charge in [0.1, 0.15) is 10.7 Å². The predicted molar refractivity (Wildman–Crippen MR) is 117 cm³/mol. The van der Waals surface area contributed by atoms with Gasteiger partial charge in [-0.15, -0.1) is 0 Å². The van der Waals surface area contributed by atoms with Gasteiger partial charge < -0.3 is 4.98 Å². The zero-order valence-electron chi connectivity index (χ0n) is 18.8. The first-order chi connectivity index (χ1) is 14.7. The summed E-state index contributed by atoms with van der Waals surface area (Å²) in [5.74, 6) is 0.463. The van der Waals surface area contributed by atoms with Crippen LogP contribution in [0.5, 0.6) is 0 Å². The summed E-state index contributed by atoms with van der Waals surface area (Å²) in [7, 11) is -3.75. The smallest absolute Gasteiger partial charge is 0.255 e. The molecule has 0 unspecified atom stereocenters. The van der Waals surface area contributed by atoms with Crippen LogP contribution in [0.3, 0.4) is 0 Å². The molecule has 0 bridgehead atoms. The van der Waals surface area contributed by atoms with E-state index in [4.69, 9.17) is 4.98 Å². The van der Waals surface area contributed by atoms with Crippen LogP contribution in [0.15, 0.2) is 15.9 Å². The summed E-state index contributed by atoms with van der Waals surface area (Å²) in [5.41, 5.74) is 1.85. The second-order valence-corrected chi connectivity index (χ2v) is 10.6. The minimum Gasteiger partial charge on any atom is -0.309 e. The Balaban J connectivity index is 1.71. The summed E-state index contributed by atoms with van der Waals surface area (Å²) >= 11 is 0. The number of H-pyrrole nitrogens is 1. The SMILES string of the molecule is CCn1cc(S(=O)(=O)N2CCCC[C@@H]2c2nc3c(c(=O)[nH]2)CN(C(C)C)CC3)c(C)n1. The molecule has 4 heterocycles. The summed E-state index contributed by atoms with van der Waals surface area (Å²) in [5, 5.41) is 4.31. The number of hydrogen-bond donors (Lipinski definition) is 1. The highest BCUT2D eigenvalue weighted by molar-refractivity contribution is 7.89. The van der Waals surface area contributed by atoms with Crippen LogP contribution in [-0.4, -0.2) is 56.5 Å². The molecule has 2 aromatic rings. The third-order valence-corrected chi connectivity index (χ3v) is 8.44. The second-order valence-electron chi connectivity index (χ2n) is 8.75. The van der Waals surface area contributed by atoms with Crippen molar-refractivity contribution >= 4 is 10.0 Å². The predicted octanol–water partition coefficient (Wildman–Crippen LogP) is 1.98. The van der Waals surface area contributed by atoms with E-state index in [1.165, 1.54) is 4.31 Å². The number of sulfonamides is 1. The molecule has 1 N–H and O–H groups in total. The van der Waals surface area contributed by atoms with Gasteiger partial charge in [0.05, 0.1) is 23.0 Å². The van der Waals surface area contributed by atoms with Crippen LogP contribution in [0.2, 0.25) is 0 Å². The van der Waals surface area contributed by atoms with Crippen molar-refractivity contribution in [2.24, 2.45) is 0 Å². The number of rotatable bonds is 5. The maximum atomic E-state index is 13.6. The lowest BCUT2D eigenvalue weighted by Crippen LogP contribution is -2.42. The monoisotopic (exact) mass is 448 g/mol. The zero-order valence-corrected chi connectivity index (χ0v) is 19.6. The van der Waals surface area contributed by atoms with Crippen molar-refractivity contribution in [1.29, 1.82) is 0 Å². The molecule has 4 rings (SSSR count). The maximum Gasteiger partial charge on any atom is 0.255 e. The molecule has 10 heteroatoms. The fourth-order valence-electron chi connectivity index (χ4n) is 4.57. The largest absolute Gasteiger partial charge is 0.309 e. The first-order valence-electron chi connectivity index (χ1n) is 11.1. The molecule has 1 saturated heterocycles. The van der Waals surface area contributed by atoms with Crippen molar-refractivity contribution in [2.75, 3.05) is 13.1 Å². The van der Waals surface area contributed by atoms with Crippen LogP contribution in [0.25, 0.3) is 0 Å². The molecule has 170 valence electrons. The van der Waals surface area contributed by atoms with Gasteiger partial charge in [-0.2, -0.15) is 9.40 Å². The van der Waals surface area contributed by atoms with Gasteiger partial charge in [-0.3, -0.25) is 14.4 Å². The zero-order chi connectivity index (χ0) is 22.3. The van der Waals surface area contributed by atoms with Crippen LogP contribution >= 0.6 is 0 Å². The van der Waals surface area contributed by atoms with Crippen LogP contribution in [0.1, 0.15) is 68.9 Å². The summed E-state index contributed by atoms with van der Waals surface area (Å²) in [6.07, 6.45) is 4.62. The van der Waals surface area contributed by atoms with Crippen LogP contribution in [0, 0.1) is 6.92 Å². The van der Waals surface area contributed by atoms with Crippen molar-refractivity contribution in [1.82, 2.24) is 29.0 Å². The molecule has 0 spiro atoms. The minimum absolute atomic E-state index is 0.150. The second kappa shape index (κ2) is 8.48. The van der Waals surface area contributed by atoms with E-state index >= 15 is 0 Å². The van der Waals surface area contributed by atoms with Crippen LogP contribution < -0.4 is 5.56 Å². The first kappa shape index (κ1) is 22.2. The summed E-state index contributed by atoms with van der Waals surface area (Å²) in [4.78, 5) is 23.1. The average Bonchev–Trinajstić information content (AvgIpc) is 3.15. The van der Waals surface area contributed by atoms with Gasteiger partial charge in [0.25, 0.3) is 5.56 Å². The molecule has 0 aliphatic carbocycles. The lowest BCUT2D eigenvalue weighted by atomic mass is 10.0. The number of nitrogens with zero attached hydrogens (tertiary/aromatic N) is 5. The van der Waals surface area contributed by atoms with E-state index in [2.05, 4.69) is 28.8 Å². The Morgan fingerprint density at radius 3 is 2.71 bits per heavy atom. The molecule has 0 amide bonds. The number of piperidine rings is 1. The first-order valence-corrected chi connectivity index (χ1v) is 12.6. The Hall–Kier alpha value is -2.04. The molecular formula is C21H32N6O3S. The van der Waals surface area contributed by atoms with E-state index in [9.17, 15) is 13.2 Å². The van der Waals surface area contributed by atoms with Gasteiger partial charge in [-0.05, 0) is 40.5 Å². The molecule has 1 atom stereocenters. The van der Waals surface area contributed by atoms with Gasteiger partial charge >= 0.3 is 0 Å². The third kappa shape index (κ3) is 4.08. The van der Waals surface area contributed by atoms with Crippen molar-refractivity contribution in [2.45, 2.75) is 83.4 Å². The van der Waals surface area contributed by atoms with Gasteiger partial charge in [-0.25, -0.2) is 13.4 Å². The van der Waals surface area contributed by atoms with Crippen LogP contribution in [-0.2, 0) is 29.5 Å². The maximum absolute atomic E-state index is 13.6. The molecule has 0 aromatic carbocycles. The molecule has 1 fully saturated rings. The van der Waals surface area contributed by atoms with E-state index in [0.29, 0.717) is 55.6 Å². The van der Waals surface area contributed by atoms with E-state index in [0.717, 1.165) is 25.1 Å². The lowest BCUT2D eigenvalue weighted by Gasteiger charge is -2.35. The molecule has 2 aliphatic heterocycles. The van der Waals surface area contributed by atoms with Crippen molar-refractivity contribution < 1.29 is 8.42 Å². The fraction of sp³-hybridized carbons (Fsp3) is 0.667. The Labute approximate surface area is 183 Å². The van der Waals surface area contributed by atoms with E-state index in [-0.39, 0.29) is 10.5 Å². The highest BCUT2D eigenvalue weighted by Crippen LogP contribution is 2.35. The molecule has 0 radical (unpaired) electrons. The topological polar surface area (TPSA) is 104 Å². The quantitative estimate of drug-likeness (QED) is 0.750. The van der Waals surface area contributed by atoms with Gasteiger partial charge in [0.2, 0.25) is 10.0 Å². The highest BCUT2D eigenvalue weighted by Gasteiger charge is 2.38. The van der Waals surface area contributed by atoms with E-state index in [1.54, 1.807) is 17.8 Å². The van der Waals surface area contributed by atoms with Gasteiger partial charge in [0, 0.05) is 44.8 Å². The minimum atomic E-state index is -3.75. The van der Waals surface area contributed by atoms with E-state index < -0.39 is 16.1 Å². The summed E-state index contributed by atoms with van der Waals surface area (Å²) < 4.78 is 30.3. The number of aromatic amines is 1. The Bertz CT molecular complexity index is 1120. The Kier molecular flexibility index (Phi) is 6.06. The summed E-state index contributed by atoms with van der Waals surface area (Å²) in [6, 6.07) is -0.109. The van der Waals surface area contributed by atoms with Gasteiger partial charge in [-0.1, -0.05) is 6.42 Å². The average molecular weight is 449 g/mol. The van der Waals surface area contributed by atoms with Crippen LogP contribution in [0.4, 0.5) is 0 Å². The molecule has 0 saturated carbocycles. The molecule has 2 aliphatic rings. The number of aryl methyl sites for hydroxylation is 2. The Morgan fingerprint density at radius 1 is 1.26 bits per heavy atom. The normalized spacial score (nSPS) is 20.9.